The Morgan fingerprint density at radius 1 is 1.00 bits per heavy atom. The maximum Gasteiger partial charge on any atom is 0.255 e. The molecule has 3 aromatic rings. The van der Waals surface area contributed by atoms with E-state index in [1.165, 1.54) is 24.4 Å². The van der Waals surface area contributed by atoms with Crippen LogP contribution in [-0.2, 0) is 9.84 Å². The first-order chi connectivity index (χ1) is 19.3. The normalized spacial score (nSPS) is 25.5. The van der Waals surface area contributed by atoms with Gasteiger partial charge in [0.05, 0.1) is 20.8 Å². The number of aliphatic hydroxyl groups is 3. The molecule has 6 atom stereocenters. The first-order valence-corrected chi connectivity index (χ1v) is 14.7. The van der Waals surface area contributed by atoms with Gasteiger partial charge in [-0.25, -0.2) is 21.6 Å². The minimum absolute atomic E-state index is 0.0391. The quantitative estimate of drug-likeness (QED) is 0.315. The minimum Gasteiger partial charge on any atom is -0.387 e. The molecule has 2 fully saturated rings. The fraction of sp³-hybridized carbons (Fsp3) is 0.357. The van der Waals surface area contributed by atoms with E-state index in [0.717, 1.165) is 30.3 Å². The summed E-state index contributed by atoms with van der Waals surface area (Å²) in [5, 5.41) is 34.5. The van der Waals surface area contributed by atoms with E-state index in [0.29, 0.717) is 12.8 Å². The Morgan fingerprint density at radius 2 is 1.68 bits per heavy atom. The average molecular weight is 611 g/mol. The number of hydrogen-bond donors (Lipinski definition) is 4. The molecule has 4 N–H and O–H groups in total. The zero-order chi connectivity index (χ0) is 29.7. The predicted molar refractivity (Wildman–Crippen MR) is 142 cm³/mol. The van der Waals surface area contributed by atoms with Crippen LogP contribution < -0.4 is 5.32 Å². The second-order valence-corrected chi connectivity index (χ2v) is 13.1. The number of aliphatic hydroxyl groups excluding tert-OH is 2. The molecule has 1 amide bonds. The fourth-order valence-corrected chi connectivity index (χ4v) is 8.52. The molecule has 1 aromatic heterocycles. The molecule has 2 aliphatic carbocycles. The van der Waals surface area contributed by atoms with Crippen LogP contribution in [0.25, 0.3) is 0 Å². The molecule has 2 aliphatic rings. The van der Waals surface area contributed by atoms with Crippen LogP contribution in [0.1, 0.15) is 47.8 Å². The number of aromatic nitrogens is 1. The van der Waals surface area contributed by atoms with E-state index in [9.17, 15) is 41.7 Å². The van der Waals surface area contributed by atoms with Crippen LogP contribution in [0.4, 0.5) is 18.9 Å². The van der Waals surface area contributed by atoms with Gasteiger partial charge in [0.25, 0.3) is 5.91 Å². The molecule has 0 aliphatic heterocycles. The van der Waals surface area contributed by atoms with Crippen molar-refractivity contribution in [3.8, 4) is 0 Å². The number of sulfone groups is 1. The Balaban J connectivity index is 1.37. The molecule has 41 heavy (non-hydrogen) atoms. The number of halogens is 4. The summed E-state index contributed by atoms with van der Waals surface area (Å²) in [5.74, 6) is -5.37. The Bertz CT molecular complexity index is 1590. The van der Waals surface area contributed by atoms with Crippen molar-refractivity contribution < 1.29 is 41.7 Å². The first-order valence-electron chi connectivity index (χ1n) is 12.8. The fourth-order valence-electron chi connectivity index (χ4n) is 6.12. The van der Waals surface area contributed by atoms with Gasteiger partial charge in [-0.05, 0) is 80.0 Å². The van der Waals surface area contributed by atoms with Gasteiger partial charge in [-0.1, -0.05) is 11.6 Å². The van der Waals surface area contributed by atoms with Gasteiger partial charge in [0.1, 0.15) is 23.7 Å². The summed E-state index contributed by atoms with van der Waals surface area (Å²) < 4.78 is 68.5. The Labute approximate surface area is 238 Å². The van der Waals surface area contributed by atoms with Gasteiger partial charge in [0.15, 0.2) is 21.5 Å². The average Bonchev–Trinajstić information content (AvgIpc) is 3.10. The number of carbonyl (C=O) groups is 1. The van der Waals surface area contributed by atoms with E-state index in [4.69, 9.17) is 11.6 Å². The number of pyridine rings is 1. The van der Waals surface area contributed by atoms with Gasteiger partial charge in [-0.3, -0.25) is 9.78 Å². The predicted octanol–water partition coefficient (Wildman–Crippen LogP) is 4.19. The van der Waals surface area contributed by atoms with Gasteiger partial charge in [0.2, 0.25) is 0 Å². The van der Waals surface area contributed by atoms with Crippen LogP contribution in [0, 0.1) is 29.3 Å². The monoisotopic (exact) mass is 610 g/mol. The van der Waals surface area contributed by atoms with E-state index < -0.39 is 73.8 Å². The van der Waals surface area contributed by atoms with Crippen molar-refractivity contribution >= 4 is 33.0 Å². The number of nitrogens with zero attached hydrogens (tertiary/aromatic N) is 1. The number of hydrogen-bond acceptors (Lipinski definition) is 7. The summed E-state index contributed by atoms with van der Waals surface area (Å²) in [6.45, 7) is 0. The Morgan fingerprint density at radius 3 is 2.32 bits per heavy atom. The molecule has 4 unspecified atom stereocenters. The highest BCUT2D eigenvalue weighted by Crippen LogP contribution is 2.55. The molecule has 2 bridgehead atoms. The topological polar surface area (TPSA) is 137 Å². The smallest absolute Gasteiger partial charge is 0.255 e. The number of benzene rings is 2. The van der Waals surface area contributed by atoms with Gasteiger partial charge in [-0.15, -0.1) is 0 Å². The van der Waals surface area contributed by atoms with Crippen molar-refractivity contribution in [3.05, 3.63) is 88.5 Å². The summed E-state index contributed by atoms with van der Waals surface area (Å²) in [6, 6.07) is 8.78. The third-order valence-electron chi connectivity index (χ3n) is 8.22. The van der Waals surface area contributed by atoms with Crippen molar-refractivity contribution in [2.24, 2.45) is 11.8 Å². The summed E-state index contributed by atoms with van der Waals surface area (Å²) in [6.07, 6.45) is -1.83. The number of amides is 1. The van der Waals surface area contributed by atoms with Gasteiger partial charge in [-0.2, -0.15) is 0 Å². The maximum absolute atomic E-state index is 14.2. The van der Waals surface area contributed by atoms with E-state index >= 15 is 0 Å². The molecule has 1 heterocycles. The molecular weight excluding hydrogens is 585 g/mol. The number of anilines is 1. The molecule has 13 heteroatoms. The summed E-state index contributed by atoms with van der Waals surface area (Å²) >= 11 is 6.26. The van der Waals surface area contributed by atoms with Crippen molar-refractivity contribution in [2.75, 3.05) is 5.32 Å². The first kappa shape index (κ1) is 29.5. The van der Waals surface area contributed by atoms with Crippen molar-refractivity contribution in [2.45, 2.75) is 53.6 Å². The molecule has 8 nitrogen and oxygen atoms in total. The van der Waals surface area contributed by atoms with Crippen molar-refractivity contribution in [1.82, 2.24) is 4.98 Å². The Kier molecular flexibility index (Phi) is 7.90. The molecule has 2 aromatic carbocycles. The van der Waals surface area contributed by atoms with E-state index in [2.05, 4.69) is 10.3 Å². The van der Waals surface area contributed by atoms with Crippen molar-refractivity contribution in [3.63, 3.8) is 0 Å². The molecule has 0 saturated heterocycles. The van der Waals surface area contributed by atoms with E-state index in [-0.39, 0.29) is 34.0 Å². The highest BCUT2D eigenvalue weighted by Gasteiger charge is 2.60. The molecular formula is C28H26ClF3N2O6S. The zero-order valence-corrected chi connectivity index (χ0v) is 22.9. The maximum atomic E-state index is 14.2. The van der Waals surface area contributed by atoms with Gasteiger partial charge < -0.3 is 20.6 Å². The second-order valence-electron chi connectivity index (χ2n) is 10.5. The molecule has 0 spiro atoms. The minimum atomic E-state index is -4.16. The number of fused-ring (bicyclic) bond motifs is 2. The lowest BCUT2D eigenvalue weighted by atomic mass is 9.69. The standard InChI is InChI=1S/C28H26ClF3N2O6S/c29-19-7-3-14(27(37)34-17-6-8-20(30)22(32)13-17)10-23(19)41(39,40)18-11-15-4-5-16(12-18)28(15,38)26(36)25(35)24-21(31)2-1-9-33-24/h1-3,6-10,13,15-16,18,25-26,35-36,38H,4-5,11-12H2,(H,34,37)/t15-,16?,18?,25?,26?,28-/m0/s1. The van der Waals surface area contributed by atoms with Gasteiger partial charge in [0, 0.05) is 23.5 Å². The van der Waals surface area contributed by atoms with Crippen LogP contribution in [0.3, 0.4) is 0 Å². The van der Waals surface area contributed by atoms with Crippen LogP contribution in [0.5, 0.6) is 0 Å². The number of rotatable bonds is 7. The van der Waals surface area contributed by atoms with Crippen molar-refractivity contribution in [1.29, 1.82) is 0 Å². The highest BCUT2D eigenvalue weighted by molar-refractivity contribution is 7.92. The lowest BCUT2D eigenvalue weighted by Crippen LogP contribution is -2.57. The third-order valence-corrected chi connectivity index (χ3v) is 10.9. The zero-order valence-electron chi connectivity index (χ0n) is 21.3. The molecule has 0 radical (unpaired) electrons. The second kappa shape index (κ2) is 11.0. The molecule has 5 rings (SSSR count). The third kappa shape index (κ3) is 5.23. The van der Waals surface area contributed by atoms with Crippen LogP contribution in [-0.4, -0.2) is 51.6 Å². The highest BCUT2D eigenvalue weighted by atomic mass is 35.5. The van der Waals surface area contributed by atoms with E-state index in [1.54, 1.807) is 0 Å². The van der Waals surface area contributed by atoms with Crippen LogP contribution in [0.2, 0.25) is 5.02 Å². The van der Waals surface area contributed by atoms with Crippen LogP contribution in [0.15, 0.2) is 59.6 Å². The number of nitrogens with one attached hydrogen (secondary N) is 1. The van der Waals surface area contributed by atoms with Crippen LogP contribution >= 0.6 is 11.6 Å². The molecule has 218 valence electrons. The SMILES string of the molecule is O=C(Nc1ccc(F)c(F)c1)c1ccc(Cl)c(S(=O)(=O)C2CC3CC[C@@H](C2)[C@@]3(O)C(O)C(O)c2ncccc2F)c1. The Hall–Kier alpha value is -3.03. The number of carbonyl (C=O) groups excluding carboxylic acids is 1. The van der Waals surface area contributed by atoms with E-state index in [1.807, 2.05) is 0 Å². The summed E-state index contributed by atoms with van der Waals surface area (Å²) in [7, 11) is -4.16. The largest absolute Gasteiger partial charge is 0.387 e. The lowest BCUT2D eigenvalue weighted by Gasteiger charge is -2.46. The summed E-state index contributed by atoms with van der Waals surface area (Å²) in [5.41, 5.74) is -2.44. The summed E-state index contributed by atoms with van der Waals surface area (Å²) in [4.78, 5) is 16.2. The van der Waals surface area contributed by atoms with Gasteiger partial charge >= 0.3 is 0 Å². The molecule has 2 saturated carbocycles. The lowest BCUT2D eigenvalue weighted by molar-refractivity contribution is -0.178.